The van der Waals surface area contributed by atoms with E-state index in [0.717, 1.165) is 28.5 Å². The number of benzene rings is 2. The quantitative estimate of drug-likeness (QED) is 0.810. The van der Waals surface area contributed by atoms with Crippen molar-refractivity contribution < 1.29 is 13.2 Å². The van der Waals surface area contributed by atoms with Gasteiger partial charge in [-0.15, -0.1) is 0 Å². The average molecular weight is 375 g/mol. The van der Waals surface area contributed by atoms with Crippen LogP contribution in [0.1, 0.15) is 28.7 Å². The molecule has 0 heterocycles. The summed E-state index contributed by atoms with van der Waals surface area (Å²) in [6.07, 6.45) is 1.26. The van der Waals surface area contributed by atoms with Crippen molar-refractivity contribution >= 4 is 21.6 Å². The van der Waals surface area contributed by atoms with Crippen molar-refractivity contribution in [3.05, 3.63) is 64.7 Å². The lowest BCUT2D eigenvalue weighted by Gasteiger charge is -2.23. The largest absolute Gasteiger partial charge is 0.352 e. The zero-order valence-corrected chi connectivity index (χ0v) is 16.6. The molecule has 0 aliphatic heterocycles. The molecule has 0 fully saturated rings. The van der Waals surface area contributed by atoms with Gasteiger partial charge in [0, 0.05) is 19.5 Å². The number of hydrogen-bond acceptors (Lipinski definition) is 3. The van der Waals surface area contributed by atoms with Crippen molar-refractivity contribution in [2.45, 2.75) is 33.7 Å². The highest BCUT2D eigenvalue weighted by Crippen LogP contribution is 2.21. The Morgan fingerprint density at radius 3 is 2.08 bits per heavy atom. The topological polar surface area (TPSA) is 66.5 Å². The third-order valence-corrected chi connectivity index (χ3v) is 5.24. The van der Waals surface area contributed by atoms with E-state index in [1.165, 1.54) is 4.31 Å². The number of rotatable bonds is 7. The van der Waals surface area contributed by atoms with Crippen LogP contribution in [-0.4, -0.2) is 27.1 Å². The summed E-state index contributed by atoms with van der Waals surface area (Å²) < 4.78 is 25.6. The monoisotopic (exact) mass is 374 g/mol. The molecule has 2 aromatic carbocycles. The molecule has 2 rings (SSSR count). The molecule has 0 unspecified atom stereocenters. The molecule has 2 aromatic rings. The Hall–Kier alpha value is -2.34. The fourth-order valence-corrected chi connectivity index (χ4v) is 3.69. The number of anilines is 1. The van der Waals surface area contributed by atoms with Crippen LogP contribution in [0.5, 0.6) is 0 Å². The van der Waals surface area contributed by atoms with Crippen LogP contribution in [0.15, 0.2) is 42.5 Å². The average Bonchev–Trinajstić information content (AvgIpc) is 2.52. The van der Waals surface area contributed by atoms with E-state index in [1.54, 1.807) is 0 Å². The second kappa shape index (κ2) is 8.36. The first-order valence-electron chi connectivity index (χ1n) is 8.53. The van der Waals surface area contributed by atoms with E-state index in [0.29, 0.717) is 12.2 Å². The van der Waals surface area contributed by atoms with Crippen LogP contribution in [0.25, 0.3) is 0 Å². The molecule has 0 bridgehead atoms. The number of sulfonamides is 1. The lowest BCUT2D eigenvalue weighted by Crippen LogP contribution is -2.34. The first kappa shape index (κ1) is 20.0. The molecule has 140 valence electrons. The Labute approximate surface area is 156 Å². The number of hydrogen-bond donors (Lipinski definition) is 1. The van der Waals surface area contributed by atoms with Crippen LogP contribution in [0, 0.1) is 20.8 Å². The Morgan fingerprint density at radius 1 is 0.962 bits per heavy atom. The Bertz CT molecular complexity index is 854. The molecule has 0 radical (unpaired) electrons. The van der Waals surface area contributed by atoms with Crippen molar-refractivity contribution in [2.24, 2.45) is 0 Å². The smallest absolute Gasteiger partial charge is 0.232 e. The van der Waals surface area contributed by atoms with Gasteiger partial charge in [-0.25, -0.2) is 8.42 Å². The van der Waals surface area contributed by atoms with E-state index in [1.807, 2.05) is 63.2 Å². The highest BCUT2D eigenvalue weighted by Gasteiger charge is 2.19. The molecule has 1 N–H and O–H groups in total. The van der Waals surface area contributed by atoms with Gasteiger partial charge in [-0.05, 0) is 49.6 Å². The standard InChI is InChI=1S/C20H26N2O3S/c1-15-5-7-18(8-6-15)14-21-20(23)9-10-22(26(4,24)25)19-12-16(2)11-17(3)13-19/h5-8,11-13H,9-10,14H2,1-4H3,(H,21,23). The van der Waals surface area contributed by atoms with Gasteiger partial charge in [0.05, 0.1) is 11.9 Å². The van der Waals surface area contributed by atoms with Gasteiger partial charge in [-0.2, -0.15) is 0 Å². The van der Waals surface area contributed by atoms with Gasteiger partial charge < -0.3 is 5.32 Å². The lowest BCUT2D eigenvalue weighted by molar-refractivity contribution is -0.121. The van der Waals surface area contributed by atoms with Gasteiger partial charge in [-0.1, -0.05) is 35.9 Å². The molecule has 26 heavy (non-hydrogen) atoms. The van der Waals surface area contributed by atoms with Crippen LogP contribution in [0.4, 0.5) is 5.69 Å². The molecule has 0 aromatic heterocycles. The molecule has 0 spiro atoms. The third kappa shape index (κ3) is 5.88. The maximum atomic E-state index is 12.2. The molecule has 1 amide bonds. The van der Waals surface area contributed by atoms with E-state index in [2.05, 4.69) is 5.32 Å². The van der Waals surface area contributed by atoms with Crippen molar-refractivity contribution in [3.8, 4) is 0 Å². The second-order valence-electron chi connectivity index (χ2n) is 6.69. The van der Waals surface area contributed by atoms with Crippen LogP contribution in [0.3, 0.4) is 0 Å². The minimum Gasteiger partial charge on any atom is -0.352 e. The van der Waals surface area contributed by atoms with Crippen molar-refractivity contribution in [2.75, 3.05) is 17.1 Å². The number of aryl methyl sites for hydroxylation is 3. The Balaban J connectivity index is 2.00. The summed E-state index contributed by atoms with van der Waals surface area (Å²) in [5.41, 5.74) is 4.74. The predicted molar refractivity (Wildman–Crippen MR) is 106 cm³/mol. The first-order chi connectivity index (χ1) is 12.1. The molecule has 0 aliphatic carbocycles. The maximum Gasteiger partial charge on any atom is 0.232 e. The van der Waals surface area contributed by atoms with Gasteiger partial charge in [0.2, 0.25) is 15.9 Å². The Morgan fingerprint density at radius 2 is 1.54 bits per heavy atom. The molecule has 0 aliphatic rings. The molecular weight excluding hydrogens is 348 g/mol. The zero-order valence-electron chi connectivity index (χ0n) is 15.7. The molecule has 0 atom stereocenters. The summed E-state index contributed by atoms with van der Waals surface area (Å²) in [5.74, 6) is -0.177. The lowest BCUT2D eigenvalue weighted by atomic mass is 10.1. The summed E-state index contributed by atoms with van der Waals surface area (Å²) in [4.78, 5) is 12.1. The van der Waals surface area contributed by atoms with Crippen molar-refractivity contribution in [1.29, 1.82) is 0 Å². The van der Waals surface area contributed by atoms with Crippen LogP contribution in [-0.2, 0) is 21.4 Å². The summed E-state index contributed by atoms with van der Waals surface area (Å²) in [6, 6.07) is 13.5. The molecule has 0 saturated heterocycles. The number of nitrogens with zero attached hydrogens (tertiary/aromatic N) is 1. The molecule has 0 saturated carbocycles. The fourth-order valence-electron chi connectivity index (χ4n) is 2.78. The third-order valence-electron chi connectivity index (χ3n) is 4.05. The number of carbonyl (C=O) groups excluding carboxylic acids is 1. The zero-order chi connectivity index (χ0) is 19.3. The second-order valence-corrected chi connectivity index (χ2v) is 8.60. The minimum atomic E-state index is -3.47. The van der Waals surface area contributed by atoms with Crippen LogP contribution < -0.4 is 9.62 Å². The SMILES string of the molecule is Cc1ccc(CNC(=O)CCN(c2cc(C)cc(C)c2)S(C)(=O)=O)cc1. The van der Waals surface area contributed by atoms with E-state index < -0.39 is 10.0 Å². The van der Waals surface area contributed by atoms with Crippen molar-refractivity contribution in [1.82, 2.24) is 5.32 Å². The molecular formula is C20H26N2O3S. The highest BCUT2D eigenvalue weighted by atomic mass is 32.2. The summed E-state index contributed by atoms with van der Waals surface area (Å²) in [6.45, 7) is 6.40. The first-order valence-corrected chi connectivity index (χ1v) is 10.4. The fraction of sp³-hybridized carbons (Fsp3) is 0.350. The summed E-state index contributed by atoms with van der Waals surface area (Å²) >= 11 is 0. The number of amides is 1. The van der Waals surface area contributed by atoms with Gasteiger partial charge in [-0.3, -0.25) is 9.10 Å². The van der Waals surface area contributed by atoms with Crippen molar-refractivity contribution in [3.63, 3.8) is 0 Å². The molecule has 5 nitrogen and oxygen atoms in total. The summed E-state index contributed by atoms with van der Waals surface area (Å²) in [7, 11) is -3.47. The van der Waals surface area contributed by atoms with E-state index in [-0.39, 0.29) is 18.9 Å². The summed E-state index contributed by atoms with van der Waals surface area (Å²) in [5, 5.41) is 2.84. The van der Waals surface area contributed by atoms with E-state index >= 15 is 0 Å². The molecule has 6 heteroatoms. The van der Waals surface area contributed by atoms with Gasteiger partial charge in [0.25, 0.3) is 0 Å². The van der Waals surface area contributed by atoms with Gasteiger partial charge >= 0.3 is 0 Å². The maximum absolute atomic E-state index is 12.2. The van der Waals surface area contributed by atoms with E-state index in [4.69, 9.17) is 0 Å². The van der Waals surface area contributed by atoms with E-state index in [9.17, 15) is 13.2 Å². The van der Waals surface area contributed by atoms with Crippen LogP contribution in [0.2, 0.25) is 0 Å². The highest BCUT2D eigenvalue weighted by molar-refractivity contribution is 7.92. The van der Waals surface area contributed by atoms with Crippen LogP contribution >= 0.6 is 0 Å². The van der Waals surface area contributed by atoms with Gasteiger partial charge in [0.15, 0.2) is 0 Å². The predicted octanol–water partition coefficient (Wildman–Crippen LogP) is 3.08. The normalized spacial score (nSPS) is 11.2. The van der Waals surface area contributed by atoms with Gasteiger partial charge in [0.1, 0.15) is 0 Å². The number of nitrogens with one attached hydrogen (secondary N) is 1. The minimum absolute atomic E-state index is 0.103. The Kier molecular flexibility index (Phi) is 6.42. The number of carbonyl (C=O) groups is 1.